The van der Waals surface area contributed by atoms with Crippen molar-refractivity contribution in [3.8, 4) is 0 Å². The van der Waals surface area contributed by atoms with Gasteiger partial charge in [-0.3, -0.25) is 9.59 Å². The van der Waals surface area contributed by atoms with Crippen molar-refractivity contribution in [2.75, 3.05) is 6.54 Å². The highest BCUT2D eigenvalue weighted by Gasteiger charge is 2.08. The summed E-state index contributed by atoms with van der Waals surface area (Å²) < 4.78 is 0. The van der Waals surface area contributed by atoms with Crippen LogP contribution in [0.1, 0.15) is 27.8 Å². The van der Waals surface area contributed by atoms with Gasteiger partial charge < -0.3 is 15.3 Å². The molecule has 19 heavy (non-hydrogen) atoms. The zero-order valence-corrected chi connectivity index (χ0v) is 10.8. The molecule has 0 fully saturated rings. The molecule has 0 aliphatic rings. The quantitative estimate of drug-likeness (QED) is 0.725. The zero-order chi connectivity index (χ0) is 13.8. The van der Waals surface area contributed by atoms with Crippen LogP contribution in [0.4, 0.5) is 0 Å². The fourth-order valence-corrected chi connectivity index (χ4v) is 1.67. The molecule has 2 aromatic rings. The number of aromatic nitrogens is 4. The van der Waals surface area contributed by atoms with Gasteiger partial charge in [0.15, 0.2) is 5.82 Å². The van der Waals surface area contributed by atoms with E-state index in [0.29, 0.717) is 24.5 Å². The van der Waals surface area contributed by atoms with Crippen LogP contribution in [0.5, 0.6) is 0 Å². The highest BCUT2D eigenvalue weighted by Crippen LogP contribution is 1.95. The van der Waals surface area contributed by atoms with Crippen molar-refractivity contribution in [3.63, 3.8) is 0 Å². The highest BCUT2D eigenvalue weighted by atomic mass is 16.2. The van der Waals surface area contributed by atoms with Gasteiger partial charge in [-0.05, 0) is 13.8 Å². The summed E-state index contributed by atoms with van der Waals surface area (Å²) in [7, 11) is 0. The number of aromatic amines is 2. The average molecular weight is 261 g/mol. The molecule has 2 heterocycles. The smallest absolute Gasteiger partial charge is 0.287 e. The predicted molar refractivity (Wildman–Crippen MR) is 69.0 cm³/mol. The summed E-state index contributed by atoms with van der Waals surface area (Å²) >= 11 is 0. The van der Waals surface area contributed by atoms with Crippen LogP contribution in [0.25, 0.3) is 0 Å². The van der Waals surface area contributed by atoms with E-state index in [1.165, 1.54) is 6.07 Å². The number of rotatable bonds is 4. The molecule has 0 saturated heterocycles. The van der Waals surface area contributed by atoms with Crippen molar-refractivity contribution in [1.29, 1.82) is 0 Å². The molecule has 0 radical (unpaired) electrons. The van der Waals surface area contributed by atoms with E-state index < -0.39 is 0 Å². The normalized spacial score (nSPS) is 10.4. The molecular weight excluding hydrogens is 246 g/mol. The van der Waals surface area contributed by atoms with Gasteiger partial charge in [0.1, 0.15) is 5.82 Å². The van der Waals surface area contributed by atoms with E-state index in [4.69, 9.17) is 0 Å². The minimum atomic E-state index is -0.275. The molecule has 0 aliphatic carbocycles. The molecule has 0 bridgehead atoms. The number of amides is 1. The second-order valence-electron chi connectivity index (χ2n) is 4.25. The third-order valence-electron chi connectivity index (χ3n) is 2.48. The van der Waals surface area contributed by atoms with Crippen LogP contribution in [0.2, 0.25) is 0 Å². The predicted octanol–water partition coefficient (Wildman–Crippen LogP) is 0.0823. The number of hydrogen-bond acceptors (Lipinski definition) is 4. The monoisotopic (exact) mass is 261 g/mol. The Hall–Kier alpha value is -2.44. The lowest BCUT2D eigenvalue weighted by molar-refractivity contribution is 0.0944. The first-order chi connectivity index (χ1) is 9.04. The zero-order valence-electron chi connectivity index (χ0n) is 10.8. The molecule has 2 rings (SSSR count). The van der Waals surface area contributed by atoms with Crippen molar-refractivity contribution >= 4 is 5.91 Å². The summed E-state index contributed by atoms with van der Waals surface area (Å²) in [6, 6.07) is 1.42. The van der Waals surface area contributed by atoms with E-state index in [9.17, 15) is 9.59 Å². The van der Waals surface area contributed by atoms with Crippen molar-refractivity contribution in [2.24, 2.45) is 0 Å². The summed E-state index contributed by atoms with van der Waals surface area (Å²) in [5, 5.41) is 2.70. The molecule has 7 heteroatoms. The van der Waals surface area contributed by atoms with E-state index in [1.807, 2.05) is 6.92 Å². The number of carbonyl (C=O) groups excluding carboxylic acids is 1. The Morgan fingerprint density at radius 2 is 2.16 bits per heavy atom. The van der Waals surface area contributed by atoms with Crippen LogP contribution in [0.3, 0.4) is 0 Å². The molecule has 3 N–H and O–H groups in total. The fourth-order valence-electron chi connectivity index (χ4n) is 1.67. The summed E-state index contributed by atoms with van der Waals surface area (Å²) in [6.07, 6.45) is 2.05. The lowest BCUT2D eigenvalue weighted by Gasteiger charge is -2.03. The van der Waals surface area contributed by atoms with Crippen LogP contribution in [0, 0.1) is 13.8 Å². The molecule has 2 aromatic heterocycles. The molecular formula is C12H15N5O2. The second kappa shape index (κ2) is 5.47. The van der Waals surface area contributed by atoms with Crippen molar-refractivity contribution in [1.82, 2.24) is 25.3 Å². The Balaban J connectivity index is 1.90. The van der Waals surface area contributed by atoms with Crippen LogP contribution >= 0.6 is 0 Å². The first-order valence-electron chi connectivity index (χ1n) is 5.91. The van der Waals surface area contributed by atoms with E-state index >= 15 is 0 Å². The highest BCUT2D eigenvalue weighted by molar-refractivity contribution is 5.90. The van der Waals surface area contributed by atoms with Gasteiger partial charge in [0, 0.05) is 36.6 Å². The molecule has 100 valence electrons. The van der Waals surface area contributed by atoms with Crippen molar-refractivity contribution in [2.45, 2.75) is 20.3 Å². The molecule has 0 saturated carbocycles. The second-order valence-corrected chi connectivity index (χ2v) is 4.25. The van der Waals surface area contributed by atoms with Crippen molar-refractivity contribution < 1.29 is 4.79 Å². The molecule has 0 aromatic carbocycles. The van der Waals surface area contributed by atoms with E-state index in [-0.39, 0.29) is 17.3 Å². The maximum absolute atomic E-state index is 11.7. The molecule has 0 aliphatic heterocycles. The Labute approximate surface area is 109 Å². The molecule has 1 amide bonds. The first kappa shape index (κ1) is 13.0. The van der Waals surface area contributed by atoms with Crippen molar-refractivity contribution in [3.05, 3.63) is 45.7 Å². The Kier molecular flexibility index (Phi) is 3.74. The lowest BCUT2D eigenvalue weighted by atomic mass is 10.3. The van der Waals surface area contributed by atoms with E-state index in [2.05, 4.69) is 25.3 Å². The number of H-pyrrole nitrogens is 2. The van der Waals surface area contributed by atoms with Crippen LogP contribution in [-0.2, 0) is 6.42 Å². The molecule has 0 spiro atoms. The average Bonchev–Trinajstić information content (AvgIpc) is 2.74. The van der Waals surface area contributed by atoms with Gasteiger partial charge in [0.05, 0.1) is 0 Å². The van der Waals surface area contributed by atoms with Gasteiger partial charge in [-0.1, -0.05) is 0 Å². The molecule has 0 unspecified atom stereocenters. The number of nitrogens with one attached hydrogen (secondary N) is 3. The van der Waals surface area contributed by atoms with E-state index in [0.717, 1.165) is 5.69 Å². The largest absolute Gasteiger partial charge is 0.349 e. The fraction of sp³-hybridized carbons (Fsp3) is 0.333. The van der Waals surface area contributed by atoms with Gasteiger partial charge in [-0.2, -0.15) is 0 Å². The van der Waals surface area contributed by atoms with E-state index in [1.54, 1.807) is 13.1 Å². The SMILES string of the molecule is Cc1cc(=O)[nH]c(CCNC(=O)c2ncc(C)[nH]2)n1. The summed E-state index contributed by atoms with van der Waals surface area (Å²) in [4.78, 5) is 36.5. The van der Waals surface area contributed by atoms with Gasteiger partial charge in [-0.15, -0.1) is 0 Å². The summed E-state index contributed by atoms with van der Waals surface area (Å²) in [5.74, 6) is 0.562. The third-order valence-corrected chi connectivity index (χ3v) is 2.48. The minimum Gasteiger partial charge on any atom is -0.349 e. The number of aryl methyl sites for hydroxylation is 2. The van der Waals surface area contributed by atoms with Gasteiger partial charge >= 0.3 is 0 Å². The Morgan fingerprint density at radius 3 is 2.79 bits per heavy atom. The van der Waals surface area contributed by atoms with Crippen LogP contribution < -0.4 is 10.9 Å². The van der Waals surface area contributed by atoms with Crippen LogP contribution in [0.15, 0.2) is 17.1 Å². The van der Waals surface area contributed by atoms with Gasteiger partial charge in [0.25, 0.3) is 11.5 Å². The Morgan fingerprint density at radius 1 is 1.37 bits per heavy atom. The maximum atomic E-state index is 11.7. The number of hydrogen-bond donors (Lipinski definition) is 3. The number of carbonyl (C=O) groups is 1. The topological polar surface area (TPSA) is 104 Å². The van der Waals surface area contributed by atoms with Crippen LogP contribution in [-0.4, -0.2) is 32.4 Å². The molecule has 7 nitrogen and oxygen atoms in total. The molecule has 0 atom stereocenters. The van der Waals surface area contributed by atoms with Gasteiger partial charge in [0.2, 0.25) is 0 Å². The van der Waals surface area contributed by atoms with Gasteiger partial charge in [-0.25, -0.2) is 9.97 Å². The summed E-state index contributed by atoms with van der Waals surface area (Å²) in [5.41, 5.74) is 1.30. The Bertz CT molecular complexity index is 644. The minimum absolute atomic E-state index is 0.185. The standard InChI is InChI=1S/C12H15N5O2/c1-7-5-10(18)17-9(15-7)3-4-13-12(19)11-14-6-8(2)16-11/h5-6H,3-4H2,1-2H3,(H,13,19)(H,14,16)(H,15,17,18). The maximum Gasteiger partial charge on any atom is 0.287 e. The number of imidazole rings is 1. The third kappa shape index (κ3) is 3.51. The summed E-state index contributed by atoms with van der Waals surface area (Å²) in [6.45, 7) is 3.96. The first-order valence-corrected chi connectivity index (χ1v) is 5.91. The lowest BCUT2D eigenvalue weighted by Crippen LogP contribution is -2.27. The number of nitrogens with zero attached hydrogens (tertiary/aromatic N) is 2.